The van der Waals surface area contributed by atoms with E-state index in [1.807, 2.05) is 20.8 Å². The minimum Gasteiger partial charge on any atom is -0.356 e. The Morgan fingerprint density at radius 2 is 2.03 bits per heavy atom. The predicted molar refractivity (Wildman–Crippen MR) is 110 cm³/mol. The van der Waals surface area contributed by atoms with Crippen molar-refractivity contribution >= 4 is 22.9 Å². The Hall–Kier alpha value is -2.44. The van der Waals surface area contributed by atoms with Crippen LogP contribution < -0.4 is 10.6 Å². The minimum atomic E-state index is -0.0429. The van der Waals surface area contributed by atoms with Crippen LogP contribution in [0.2, 0.25) is 0 Å². The van der Waals surface area contributed by atoms with E-state index in [4.69, 9.17) is 4.52 Å². The first-order valence-electron chi connectivity index (χ1n) is 10.8. The summed E-state index contributed by atoms with van der Waals surface area (Å²) < 4.78 is 5.36. The molecule has 4 rings (SSSR count). The molecule has 2 aromatic heterocycles. The molecule has 1 saturated carbocycles. The number of aryl methyl sites for hydroxylation is 2. The van der Waals surface area contributed by atoms with Gasteiger partial charge in [-0.15, -0.1) is 0 Å². The molecule has 0 spiro atoms. The molecular formula is C22H30N4O3. The fourth-order valence-corrected chi connectivity index (χ4v) is 4.68. The maximum absolute atomic E-state index is 13.3. The lowest BCUT2D eigenvalue weighted by Gasteiger charge is -2.30. The maximum atomic E-state index is 13.3. The summed E-state index contributed by atoms with van der Waals surface area (Å²) in [4.78, 5) is 29.8. The number of hydrogen-bond acceptors (Lipinski definition) is 5. The summed E-state index contributed by atoms with van der Waals surface area (Å²) >= 11 is 0. The molecule has 2 N–H and O–H groups in total. The quantitative estimate of drug-likeness (QED) is 0.807. The Morgan fingerprint density at radius 1 is 1.21 bits per heavy atom. The number of carbonyl (C=O) groups excluding carboxylic acids is 2. The zero-order chi connectivity index (χ0) is 20.5. The van der Waals surface area contributed by atoms with Gasteiger partial charge in [0.2, 0.25) is 5.91 Å². The van der Waals surface area contributed by atoms with E-state index in [0.29, 0.717) is 29.4 Å². The van der Waals surface area contributed by atoms with E-state index in [1.165, 1.54) is 0 Å². The van der Waals surface area contributed by atoms with Gasteiger partial charge in [-0.25, -0.2) is 4.98 Å². The van der Waals surface area contributed by atoms with Crippen molar-refractivity contribution in [3.63, 3.8) is 0 Å². The molecule has 2 amide bonds. The Bertz CT molecular complexity index is 934. The third-order valence-electron chi connectivity index (χ3n) is 6.26. The second-order valence-corrected chi connectivity index (χ2v) is 8.82. The number of pyridine rings is 1. The molecule has 7 nitrogen and oxygen atoms in total. The van der Waals surface area contributed by atoms with Crippen LogP contribution in [0.4, 0.5) is 0 Å². The number of fused-ring (bicyclic) bond motifs is 2. The second kappa shape index (κ2) is 8.13. The smallest absolute Gasteiger partial charge is 0.259 e. The first-order valence-corrected chi connectivity index (χ1v) is 10.8. The number of nitrogens with zero attached hydrogens (tertiary/aromatic N) is 2. The molecule has 2 aromatic rings. The molecule has 2 heterocycles. The molecule has 0 saturated heterocycles. The van der Waals surface area contributed by atoms with Crippen LogP contribution in [0.15, 0.2) is 4.52 Å². The molecule has 7 heteroatoms. The van der Waals surface area contributed by atoms with E-state index in [9.17, 15) is 9.59 Å². The van der Waals surface area contributed by atoms with E-state index < -0.39 is 0 Å². The average molecular weight is 399 g/mol. The Morgan fingerprint density at radius 3 is 2.83 bits per heavy atom. The van der Waals surface area contributed by atoms with Crippen molar-refractivity contribution in [3.8, 4) is 0 Å². The number of hydrogen-bond donors (Lipinski definition) is 2. The van der Waals surface area contributed by atoms with Crippen molar-refractivity contribution in [1.29, 1.82) is 0 Å². The number of aromatic nitrogens is 2. The maximum Gasteiger partial charge on any atom is 0.259 e. The normalized spacial score (nSPS) is 21.4. The molecule has 2 aliphatic carbocycles. The van der Waals surface area contributed by atoms with Crippen LogP contribution in [-0.4, -0.2) is 34.5 Å². The van der Waals surface area contributed by atoms with Crippen molar-refractivity contribution in [1.82, 2.24) is 20.8 Å². The molecule has 156 valence electrons. The number of carbonyl (C=O) groups is 2. The summed E-state index contributed by atoms with van der Waals surface area (Å²) in [5.74, 6) is 0.446. The Kier molecular flexibility index (Phi) is 5.56. The molecule has 0 aliphatic heterocycles. The highest BCUT2D eigenvalue weighted by atomic mass is 16.5. The summed E-state index contributed by atoms with van der Waals surface area (Å²) in [6, 6.07) is 0.123. The van der Waals surface area contributed by atoms with Gasteiger partial charge >= 0.3 is 0 Å². The Labute approximate surface area is 171 Å². The molecule has 1 fully saturated rings. The third kappa shape index (κ3) is 4.00. The molecule has 2 aliphatic rings. The van der Waals surface area contributed by atoms with Gasteiger partial charge in [0, 0.05) is 24.2 Å². The lowest BCUT2D eigenvalue weighted by molar-refractivity contribution is -0.124. The first-order chi connectivity index (χ1) is 13.9. The van der Waals surface area contributed by atoms with Gasteiger partial charge in [0.05, 0.1) is 16.6 Å². The van der Waals surface area contributed by atoms with Crippen molar-refractivity contribution in [2.24, 2.45) is 11.8 Å². The van der Waals surface area contributed by atoms with E-state index in [1.54, 1.807) is 0 Å². The first kappa shape index (κ1) is 19.9. The highest BCUT2D eigenvalue weighted by Crippen LogP contribution is 2.32. The van der Waals surface area contributed by atoms with Crippen LogP contribution in [0.1, 0.15) is 73.3 Å². The predicted octanol–water partition coefficient (Wildman–Crippen LogP) is 3.08. The molecule has 2 atom stereocenters. The molecule has 2 unspecified atom stereocenters. The van der Waals surface area contributed by atoms with Gasteiger partial charge in [-0.2, -0.15) is 0 Å². The summed E-state index contributed by atoms with van der Waals surface area (Å²) in [5, 5.41) is 11.1. The fraction of sp³-hybridized carbons (Fsp3) is 0.636. The number of amides is 2. The van der Waals surface area contributed by atoms with Gasteiger partial charge in [-0.1, -0.05) is 25.4 Å². The van der Waals surface area contributed by atoms with Gasteiger partial charge in [-0.05, 0) is 56.9 Å². The van der Waals surface area contributed by atoms with Crippen LogP contribution in [0.5, 0.6) is 0 Å². The molecule has 0 bridgehead atoms. The number of nitrogens with one attached hydrogen (secondary N) is 2. The van der Waals surface area contributed by atoms with Gasteiger partial charge in [0.25, 0.3) is 11.6 Å². The minimum absolute atomic E-state index is 0.00269. The highest BCUT2D eigenvalue weighted by molar-refractivity contribution is 6.07. The monoisotopic (exact) mass is 398 g/mol. The lowest BCUT2D eigenvalue weighted by atomic mass is 9.85. The third-order valence-corrected chi connectivity index (χ3v) is 6.26. The molecule has 0 aromatic carbocycles. The summed E-state index contributed by atoms with van der Waals surface area (Å²) in [5.41, 5.74) is 3.91. The molecule has 29 heavy (non-hydrogen) atoms. The Balaban J connectivity index is 1.48. The summed E-state index contributed by atoms with van der Waals surface area (Å²) in [6.45, 7) is 6.35. The van der Waals surface area contributed by atoms with Crippen LogP contribution in [-0.2, 0) is 17.6 Å². The summed E-state index contributed by atoms with van der Waals surface area (Å²) in [6.07, 6.45) is 6.78. The summed E-state index contributed by atoms with van der Waals surface area (Å²) in [7, 11) is 0. The van der Waals surface area contributed by atoms with Gasteiger partial charge in [0.15, 0.2) is 0 Å². The van der Waals surface area contributed by atoms with Gasteiger partial charge < -0.3 is 15.2 Å². The second-order valence-electron chi connectivity index (χ2n) is 8.82. The molecule has 0 radical (unpaired) electrons. The van der Waals surface area contributed by atoms with E-state index in [2.05, 4.69) is 20.8 Å². The number of rotatable bonds is 5. The fourth-order valence-electron chi connectivity index (χ4n) is 4.68. The van der Waals surface area contributed by atoms with Gasteiger partial charge in [-0.3, -0.25) is 9.59 Å². The topological polar surface area (TPSA) is 97.1 Å². The van der Waals surface area contributed by atoms with Crippen LogP contribution in [0.25, 0.3) is 11.1 Å². The standard InChI is InChI=1S/C22H30N4O3/c1-12(2)20(27)23-11-14-6-4-7-15(10-14)24-21(28)19-16-8-5-9-17(16)25-22-18(19)13(3)26-29-22/h12,14-15H,4-11H2,1-3H3,(H,23,27)(H,24,28). The highest BCUT2D eigenvalue weighted by Gasteiger charge is 2.30. The largest absolute Gasteiger partial charge is 0.356 e. The zero-order valence-corrected chi connectivity index (χ0v) is 17.5. The van der Waals surface area contributed by atoms with Crippen LogP contribution >= 0.6 is 0 Å². The van der Waals surface area contributed by atoms with Crippen molar-refractivity contribution in [2.75, 3.05) is 6.54 Å². The SMILES string of the molecule is Cc1noc2nc3c(c(C(=O)NC4CCCC(CNC(=O)C(C)C)C4)c12)CCC3. The van der Waals surface area contributed by atoms with E-state index in [0.717, 1.165) is 61.6 Å². The average Bonchev–Trinajstić information content (AvgIpc) is 3.31. The van der Waals surface area contributed by atoms with Crippen molar-refractivity contribution in [2.45, 2.75) is 71.8 Å². The van der Waals surface area contributed by atoms with Crippen molar-refractivity contribution in [3.05, 3.63) is 22.5 Å². The van der Waals surface area contributed by atoms with Crippen LogP contribution in [0.3, 0.4) is 0 Å². The lowest BCUT2D eigenvalue weighted by Crippen LogP contribution is -2.42. The van der Waals surface area contributed by atoms with Gasteiger partial charge in [0.1, 0.15) is 0 Å². The van der Waals surface area contributed by atoms with E-state index in [-0.39, 0.29) is 23.8 Å². The van der Waals surface area contributed by atoms with Crippen LogP contribution in [0, 0.1) is 18.8 Å². The van der Waals surface area contributed by atoms with E-state index >= 15 is 0 Å². The van der Waals surface area contributed by atoms with Crippen molar-refractivity contribution < 1.29 is 14.1 Å². The molecular weight excluding hydrogens is 368 g/mol. The zero-order valence-electron chi connectivity index (χ0n) is 17.5.